The molecule has 4 aromatic rings. The molecule has 5 rings (SSSR count). The molecular formula is C27H23FN4O4S. The number of thiophene rings is 1. The summed E-state index contributed by atoms with van der Waals surface area (Å²) in [5.74, 6) is -0.732. The van der Waals surface area contributed by atoms with E-state index in [9.17, 15) is 14.0 Å². The first-order valence-corrected chi connectivity index (χ1v) is 12.4. The van der Waals surface area contributed by atoms with Crippen LogP contribution in [-0.4, -0.2) is 48.8 Å². The molecule has 8 nitrogen and oxygen atoms in total. The summed E-state index contributed by atoms with van der Waals surface area (Å²) < 4.78 is 20.5. The molecule has 0 saturated carbocycles. The van der Waals surface area contributed by atoms with Crippen molar-refractivity contribution in [1.29, 1.82) is 0 Å². The van der Waals surface area contributed by atoms with Gasteiger partial charge in [-0.1, -0.05) is 35.5 Å². The van der Waals surface area contributed by atoms with Gasteiger partial charge in [-0.05, 0) is 35.9 Å². The number of halogens is 1. The number of fused-ring (bicyclic) bond motifs is 1. The SMILES string of the molecule is CNC(=O)c1ccc(-c2ccccc2OCC2CC(CNC(=O)c3cc4cccnc4s3)=NO2)cc1F. The molecular weight excluding hydrogens is 495 g/mol. The maximum absolute atomic E-state index is 14.5. The Balaban J connectivity index is 1.16. The van der Waals surface area contributed by atoms with E-state index in [2.05, 4.69) is 20.8 Å². The number of nitrogens with one attached hydrogen (secondary N) is 2. The Morgan fingerprint density at radius 1 is 1.14 bits per heavy atom. The Hall–Kier alpha value is -4.31. The first-order chi connectivity index (χ1) is 18.0. The van der Waals surface area contributed by atoms with Crippen LogP contribution in [0.5, 0.6) is 5.75 Å². The van der Waals surface area contributed by atoms with Gasteiger partial charge in [0, 0.05) is 30.6 Å². The fourth-order valence-electron chi connectivity index (χ4n) is 3.95. The third kappa shape index (κ3) is 5.44. The molecule has 2 N–H and O–H groups in total. The zero-order chi connectivity index (χ0) is 25.8. The summed E-state index contributed by atoms with van der Waals surface area (Å²) >= 11 is 1.34. The number of hydrogen-bond acceptors (Lipinski definition) is 7. The minimum atomic E-state index is -0.613. The molecule has 1 aliphatic rings. The predicted molar refractivity (Wildman–Crippen MR) is 140 cm³/mol. The van der Waals surface area contributed by atoms with Crippen LogP contribution in [0.4, 0.5) is 4.39 Å². The average Bonchev–Trinajstić information content (AvgIpc) is 3.57. The smallest absolute Gasteiger partial charge is 0.261 e. The van der Waals surface area contributed by atoms with Crippen molar-refractivity contribution >= 4 is 39.1 Å². The first kappa shape index (κ1) is 24.4. The number of ether oxygens (including phenoxy) is 1. The van der Waals surface area contributed by atoms with E-state index in [1.807, 2.05) is 36.4 Å². The summed E-state index contributed by atoms with van der Waals surface area (Å²) in [5.41, 5.74) is 1.96. The van der Waals surface area contributed by atoms with Gasteiger partial charge in [0.25, 0.3) is 11.8 Å². The molecule has 2 amide bonds. The number of para-hydroxylation sites is 1. The normalized spacial score (nSPS) is 14.6. The lowest BCUT2D eigenvalue weighted by Crippen LogP contribution is -2.29. The quantitative estimate of drug-likeness (QED) is 0.360. The fourth-order valence-corrected chi connectivity index (χ4v) is 4.87. The van der Waals surface area contributed by atoms with Gasteiger partial charge in [0.1, 0.15) is 23.0 Å². The van der Waals surface area contributed by atoms with Crippen molar-refractivity contribution in [1.82, 2.24) is 15.6 Å². The molecule has 10 heteroatoms. The van der Waals surface area contributed by atoms with Crippen molar-refractivity contribution in [3.8, 4) is 16.9 Å². The Kier molecular flexibility index (Phi) is 7.09. The molecule has 0 fully saturated rings. The monoisotopic (exact) mass is 518 g/mol. The number of hydrogen-bond donors (Lipinski definition) is 2. The van der Waals surface area contributed by atoms with E-state index in [0.29, 0.717) is 33.9 Å². The number of nitrogens with zero attached hydrogens (tertiary/aromatic N) is 2. The number of rotatable bonds is 8. The van der Waals surface area contributed by atoms with Gasteiger partial charge >= 0.3 is 0 Å². The molecule has 1 atom stereocenters. The van der Waals surface area contributed by atoms with Crippen LogP contribution in [0, 0.1) is 5.82 Å². The molecule has 0 saturated heterocycles. The summed E-state index contributed by atoms with van der Waals surface area (Å²) in [6.45, 7) is 0.489. The number of carbonyl (C=O) groups is 2. The van der Waals surface area contributed by atoms with Crippen molar-refractivity contribution in [3.05, 3.63) is 83.1 Å². The number of benzene rings is 2. The largest absolute Gasteiger partial charge is 0.489 e. The van der Waals surface area contributed by atoms with E-state index in [1.54, 1.807) is 18.3 Å². The van der Waals surface area contributed by atoms with Crippen molar-refractivity contribution in [2.75, 3.05) is 20.2 Å². The summed E-state index contributed by atoms with van der Waals surface area (Å²) in [7, 11) is 1.45. The van der Waals surface area contributed by atoms with Crippen LogP contribution in [0.15, 0.2) is 72.0 Å². The van der Waals surface area contributed by atoms with Gasteiger partial charge in [-0.15, -0.1) is 11.3 Å². The summed E-state index contributed by atoms with van der Waals surface area (Å²) in [4.78, 5) is 35.5. The Bertz CT molecular complexity index is 1470. The lowest BCUT2D eigenvalue weighted by Gasteiger charge is -2.14. The van der Waals surface area contributed by atoms with E-state index in [4.69, 9.17) is 9.57 Å². The molecule has 0 bridgehead atoms. The van der Waals surface area contributed by atoms with Crippen LogP contribution in [0.25, 0.3) is 21.3 Å². The van der Waals surface area contributed by atoms with E-state index in [-0.39, 0.29) is 30.7 Å². The molecule has 37 heavy (non-hydrogen) atoms. The van der Waals surface area contributed by atoms with E-state index in [1.165, 1.54) is 30.5 Å². The van der Waals surface area contributed by atoms with Gasteiger partial charge in [0.05, 0.1) is 22.7 Å². The lowest BCUT2D eigenvalue weighted by atomic mass is 10.0. The molecule has 2 aromatic carbocycles. The molecule has 0 aliphatic carbocycles. The average molecular weight is 519 g/mol. The van der Waals surface area contributed by atoms with Gasteiger partial charge in [0.15, 0.2) is 6.10 Å². The fraction of sp³-hybridized carbons (Fsp3) is 0.185. The van der Waals surface area contributed by atoms with Gasteiger partial charge in [-0.2, -0.15) is 0 Å². The summed E-state index contributed by atoms with van der Waals surface area (Å²) in [6.07, 6.45) is 1.89. The summed E-state index contributed by atoms with van der Waals surface area (Å²) in [6, 6.07) is 17.3. The van der Waals surface area contributed by atoms with E-state index >= 15 is 0 Å². The highest BCUT2D eigenvalue weighted by molar-refractivity contribution is 7.20. The van der Waals surface area contributed by atoms with Crippen LogP contribution in [0.2, 0.25) is 0 Å². The first-order valence-electron chi connectivity index (χ1n) is 11.6. The third-order valence-electron chi connectivity index (χ3n) is 5.83. The maximum Gasteiger partial charge on any atom is 0.261 e. The molecule has 188 valence electrons. The maximum atomic E-state index is 14.5. The molecule has 1 unspecified atom stereocenters. The van der Waals surface area contributed by atoms with Crippen molar-refractivity contribution < 1.29 is 23.6 Å². The standard InChI is InChI=1S/C27H23FN4O4S/c1-29-25(33)21-9-8-16(11-22(21)28)20-6-2-3-7-23(20)35-15-19-13-18(32-36-19)14-31-26(34)24-12-17-5-4-10-30-27(17)37-24/h2-12,19H,13-15H2,1H3,(H,29,33)(H,31,34). The highest BCUT2D eigenvalue weighted by Crippen LogP contribution is 2.31. The Morgan fingerprint density at radius 3 is 2.81 bits per heavy atom. The number of carbonyl (C=O) groups excluding carboxylic acids is 2. The van der Waals surface area contributed by atoms with Crippen molar-refractivity contribution in [2.45, 2.75) is 12.5 Å². The second-order valence-electron chi connectivity index (χ2n) is 8.36. The Labute approximate surface area is 216 Å². The van der Waals surface area contributed by atoms with Gasteiger partial charge in [-0.3, -0.25) is 9.59 Å². The minimum Gasteiger partial charge on any atom is -0.489 e. The van der Waals surface area contributed by atoms with Crippen LogP contribution in [-0.2, 0) is 4.84 Å². The van der Waals surface area contributed by atoms with Crippen LogP contribution >= 0.6 is 11.3 Å². The van der Waals surface area contributed by atoms with Crippen LogP contribution < -0.4 is 15.4 Å². The highest BCUT2D eigenvalue weighted by Gasteiger charge is 2.23. The van der Waals surface area contributed by atoms with E-state index in [0.717, 1.165) is 10.2 Å². The second-order valence-corrected chi connectivity index (χ2v) is 9.39. The van der Waals surface area contributed by atoms with E-state index < -0.39 is 11.7 Å². The van der Waals surface area contributed by atoms with Crippen molar-refractivity contribution in [3.63, 3.8) is 0 Å². The third-order valence-corrected chi connectivity index (χ3v) is 6.89. The molecule has 1 aliphatic heterocycles. The van der Waals surface area contributed by atoms with Crippen LogP contribution in [0.1, 0.15) is 26.5 Å². The number of amides is 2. The molecule has 3 heterocycles. The molecule has 2 aromatic heterocycles. The minimum absolute atomic E-state index is 0.0233. The predicted octanol–water partition coefficient (Wildman–Crippen LogP) is 4.42. The van der Waals surface area contributed by atoms with Gasteiger partial charge in [0.2, 0.25) is 0 Å². The van der Waals surface area contributed by atoms with Gasteiger partial charge < -0.3 is 20.2 Å². The zero-order valence-corrected chi connectivity index (χ0v) is 20.7. The summed E-state index contributed by atoms with van der Waals surface area (Å²) in [5, 5.41) is 10.3. The number of pyridine rings is 1. The zero-order valence-electron chi connectivity index (χ0n) is 19.9. The van der Waals surface area contributed by atoms with Crippen LogP contribution in [0.3, 0.4) is 0 Å². The van der Waals surface area contributed by atoms with Crippen molar-refractivity contribution in [2.24, 2.45) is 5.16 Å². The highest BCUT2D eigenvalue weighted by atomic mass is 32.1. The molecule has 0 radical (unpaired) electrons. The lowest BCUT2D eigenvalue weighted by molar-refractivity contribution is 0.0472. The molecule has 0 spiro atoms. The number of aromatic nitrogens is 1. The van der Waals surface area contributed by atoms with Gasteiger partial charge in [-0.25, -0.2) is 9.37 Å². The second kappa shape index (κ2) is 10.8. The topological polar surface area (TPSA) is 102 Å². The number of oxime groups is 1. The Morgan fingerprint density at radius 2 is 2.00 bits per heavy atom.